The number of nitrogens with one attached hydrogen (secondary N) is 3. The van der Waals surface area contributed by atoms with Crippen LogP contribution in [-0.4, -0.2) is 88.8 Å². The quantitative estimate of drug-likeness (QED) is 0.188. The molecule has 12 nitrogen and oxygen atoms in total. The summed E-state index contributed by atoms with van der Waals surface area (Å²) in [6, 6.07) is 9.31. The Balaban J connectivity index is 1.88. The average Bonchev–Trinajstić information content (AvgIpc) is 2.84. The van der Waals surface area contributed by atoms with E-state index in [0.29, 0.717) is 0 Å². The van der Waals surface area contributed by atoms with Crippen LogP contribution in [-0.2, 0) is 44.7 Å². The summed E-state index contributed by atoms with van der Waals surface area (Å²) in [7, 11) is 0. The van der Waals surface area contributed by atoms with Gasteiger partial charge >= 0.3 is 12.1 Å². The molecular formula is C25H39N3O9. The number of carbonyl (C=O) groups is 4. The van der Waals surface area contributed by atoms with Crippen molar-refractivity contribution < 1.29 is 42.9 Å². The molecule has 0 aromatic heterocycles. The third kappa shape index (κ3) is 19.6. The third-order valence-electron chi connectivity index (χ3n) is 4.21. The molecule has 3 N–H and O–H groups in total. The smallest absolute Gasteiger partial charge is 0.407 e. The topological polar surface area (TPSA) is 151 Å². The Morgan fingerprint density at radius 1 is 0.730 bits per heavy atom. The molecule has 0 aliphatic heterocycles. The molecule has 0 radical (unpaired) electrons. The second-order valence-electron chi connectivity index (χ2n) is 8.74. The molecule has 0 heterocycles. The van der Waals surface area contributed by atoms with E-state index in [2.05, 4.69) is 16.0 Å². The van der Waals surface area contributed by atoms with E-state index in [0.717, 1.165) is 5.56 Å². The standard InChI is InChI=1S/C25H39N3O9/c1-25(2,3)37-23(31)19-35-15-11-26-21(29)9-13-33-14-10-27-22(30)18-34-16-12-28-24(32)36-17-20-7-5-4-6-8-20/h4-8H,9-19H2,1-3H3,(H,26,29)(H,27,30)(H,28,32). The molecule has 0 unspecified atom stereocenters. The summed E-state index contributed by atoms with van der Waals surface area (Å²) in [4.78, 5) is 46.5. The molecule has 0 saturated heterocycles. The SMILES string of the molecule is CC(C)(C)OC(=O)COCCNC(=O)CCOCCNC(=O)COCCNC(=O)OCc1ccccc1. The Kier molecular flexibility index (Phi) is 16.3. The molecule has 0 atom stereocenters. The highest BCUT2D eigenvalue weighted by atomic mass is 16.6. The van der Waals surface area contributed by atoms with Gasteiger partial charge in [-0.05, 0) is 26.3 Å². The molecule has 0 fully saturated rings. The van der Waals surface area contributed by atoms with Crippen LogP contribution in [0.4, 0.5) is 4.79 Å². The van der Waals surface area contributed by atoms with Crippen molar-refractivity contribution in [3.05, 3.63) is 35.9 Å². The molecule has 0 spiro atoms. The summed E-state index contributed by atoms with van der Waals surface area (Å²) in [5, 5.41) is 7.81. The first kappa shape index (κ1) is 31.8. The Hall–Kier alpha value is -3.22. The number of carbonyl (C=O) groups excluding carboxylic acids is 4. The van der Waals surface area contributed by atoms with Crippen molar-refractivity contribution in [2.45, 2.75) is 39.4 Å². The van der Waals surface area contributed by atoms with Crippen molar-refractivity contribution in [2.24, 2.45) is 0 Å². The van der Waals surface area contributed by atoms with E-state index >= 15 is 0 Å². The second kappa shape index (κ2) is 19.0. The zero-order chi connectivity index (χ0) is 27.4. The normalized spacial score (nSPS) is 10.9. The number of alkyl carbamates (subject to hydrolysis) is 1. The van der Waals surface area contributed by atoms with Crippen LogP contribution in [0.3, 0.4) is 0 Å². The predicted octanol–water partition coefficient (Wildman–Crippen LogP) is 0.927. The van der Waals surface area contributed by atoms with Crippen LogP contribution in [0.1, 0.15) is 32.8 Å². The fourth-order valence-corrected chi connectivity index (χ4v) is 2.62. The van der Waals surface area contributed by atoms with E-state index in [9.17, 15) is 19.2 Å². The molecule has 3 amide bonds. The number of rotatable bonds is 18. The van der Waals surface area contributed by atoms with Gasteiger partial charge in [-0.15, -0.1) is 0 Å². The van der Waals surface area contributed by atoms with Gasteiger partial charge in [0.15, 0.2) is 0 Å². The molecule has 12 heteroatoms. The fraction of sp³-hybridized carbons (Fsp3) is 0.600. The van der Waals surface area contributed by atoms with Gasteiger partial charge in [0, 0.05) is 26.1 Å². The van der Waals surface area contributed by atoms with Gasteiger partial charge in [0.05, 0.1) is 26.4 Å². The number of ether oxygens (including phenoxy) is 5. The third-order valence-corrected chi connectivity index (χ3v) is 4.21. The lowest BCUT2D eigenvalue weighted by molar-refractivity contribution is -0.160. The van der Waals surface area contributed by atoms with Crippen LogP contribution in [0, 0.1) is 0 Å². The first-order valence-electron chi connectivity index (χ1n) is 12.1. The molecule has 0 aliphatic rings. The van der Waals surface area contributed by atoms with Crippen LogP contribution in [0.25, 0.3) is 0 Å². The summed E-state index contributed by atoms with van der Waals surface area (Å²) in [6.07, 6.45) is -0.404. The maximum Gasteiger partial charge on any atom is 0.407 e. The van der Waals surface area contributed by atoms with Crippen molar-refractivity contribution in [2.75, 3.05) is 59.3 Å². The zero-order valence-electron chi connectivity index (χ0n) is 21.8. The Morgan fingerprint density at radius 2 is 1.32 bits per heavy atom. The van der Waals surface area contributed by atoms with E-state index in [1.165, 1.54) is 0 Å². The van der Waals surface area contributed by atoms with Crippen molar-refractivity contribution in [1.29, 1.82) is 0 Å². The van der Waals surface area contributed by atoms with Gasteiger partial charge in [-0.2, -0.15) is 0 Å². The number of hydrogen-bond acceptors (Lipinski definition) is 9. The molecule has 1 aromatic rings. The number of hydrogen-bond donors (Lipinski definition) is 3. The molecule has 0 bridgehead atoms. The summed E-state index contributed by atoms with van der Waals surface area (Å²) < 4.78 is 25.8. The summed E-state index contributed by atoms with van der Waals surface area (Å²) in [5.41, 5.74) is 0.321. The molecule has 1 rings (SSSR count). The molecule has 37 heavy (non-hydrogen) atoms. The lowest BCUT2D eigenvalue weighted by atomic mass is 10.2. The van der Waals surface area contributed by atoms with Gasteiger partial charge in [0.1, 0.15) is 25.4 Å². The highest BCUT2D eigenvalue weighted by molar-refractivity contribution is 5.77. The maximum absolute atomic E-state index is 11.7. The highest BCUT2D eigenvalue weighted by Gasteiger charge is 2.16. The molecule has 1 aromatic carbocycles. The van der Waals surface area contributed by atoms with Crippen LogP contribution in [0.5, 0.6) is 0 Å². The fourth-order valence-electron chi connectivity index (χ4n) is 2.62. The lowest BCUT2D eigenvalue weighted by Gasteiger charge is -2.19. The van der Waals surface area contributed by atoms with Crippen molar-refractivity contribution in [1.82, 2.24) is 16.0 Å². The lowest BCUT2D eigenvalue weighted by Crippen LogP contribution is -2.33. The molecule has 208 valence electrons. The van der Waals surface area contributed by atoms with Crippen molar-refractivity contribution in [3.8, 4) is 0 Å². The number of esters is 1. The Morgan fingerprint density at radius 3 is 2.00 bits per heavy atom. The van der Waals surface area contributed by atoms with Gasteiger partial charge in [-0.3, -0.25) is 9.59 Å². The number of amides is 3. The Bertz CT molecular complexity index is 813. The first-order valence-corrected chi connectivity index (χ1v) is 12.1. The van der Waals surface area contributed by atoms with E-state index in [4.69, 9.17) is 23.7 Å². The average molecular weight is 526 g/mol. The van der Waals surface area contributed by atoms with Crippen LogP contribution in [0.2, 0.25) is 0 Å². The highest BCUT2D eigenvalue weighted by Crippen LogP contribution is 2.06. The molecule has 0 saturated carbocycles. The van der Waals surface area contributed by atoms with E-state index < -0.39 is 17.7 Å². The van der Waals surface area contributed by atoms with Crippen molar-refractivity contribution in [3.63, 3.8) is 0 Å². The minimum atomic E-state index is -0.565. The molecular weight excluding hydrogens is 486 g/mol. The van der Waals surface area contributed by atoms with Gasteiger partial charge in [0.25, 0.3) is 0 Å². The Labute approximate surface area is 217 Å². The van der Waals surface area contributed by atoms with E-state index in [1.807, 2.05) is 30.3 Å². The van der Waals surface area contributed by atoms with Gasteiger partial charge in [0.2, 0.25) is 11.8 Å². The zero-order valence-corrected chi connectivity index (χ0v) is 21.8. The summed E-state index contributed by atoms with van der Waals surface area (Å²) >= 11 is 0. The van der Waals surface area contributed by atoms with E-state index in [1.54, 1.807) is 20.8 Å². The predicted molar refractivity (Wildman–Crippen MR) is 134 cm³/mol. The van der Waals surface area contributed by atoms with Crippen molar-refractivity contribution >= 4 is 23.9 Å². The van der Waals surface area contributed by atoms with Gasteiger partial charge in [-0.25, -0.2) is 9.59 Å². The molecule has 0 aliphatic carbocycles. The van der Waals surface area contributed by atoms with E-state index in [-0.39, 0.29) is 84.1 Å². The minimum Gasteiger partial charge on any atom is -0.458 e. The summed E-state index contributed by atoms with van der Waals surface area (Å²) in [5.74, 6) is -0.991. The maximum atomic E-state index is 11.7. The van der Waals surface area contributed by atoms with Crippen LogP contribution in [0.15, 0.2) is 30.3 Å². The largest absolute Gasteiger partial charge is 0.458 e. The summed E-state index contributed by atoms with van der Waals surface area (Å²) in [6.45, 7) is 6.69. The van der Waals surface area contributed by atoms with Crippen LogP contribution >= 0.6 is 0 Å². The van der Waals surface area contributed by atoms with Gasteiger partial charge in [-0.1, -0.05) is 30.3 Å². The number of benzene rings is 1. The van der Waals surface area contributed by atoms with Gasteiger partial charge < -0.3 is 39.6 Å². The van der Waals surface area contributed by atoms with Crippen LogP contribution < -0.4 is 16.0 Å². The first-order chi connectivity index (χ1) is 17.7. The monoisotopic (exact) mass is 525 g/mol. The second-order valence-corrected chi connectivity index (χ2v) is 8.74. The minimum absolute atomic E-state index is 0.154.